The van der Waals surface area contributed by atoms with Gasteiger partial charge in [-0.25, -0.2) is 18.2 Å². The number of ether oxygens (including phenoxy) is 3. The highest BCUT2D eigenvalue weighted by molar-refractivity contribution is 7.90. The molecule has 1 N–H and O–H groups in total. The normalized spacial score (nSPS) is 11.3. The van der Waals surface area contributed by atoms with Crippen molar-refractivity contribution in [1.29, 1.82) is 0 Å². The van der Waals surface area contributed by atoms with Gasteiger partial charge >= 0.3 is 5.97 Å². The van der Waals surface area contributed by atoms with E-state index in [4.69, 9.17) is 14.2 Å². The second kappa shape index (κ2) is 9.86. The Balaban J connectivity index is 1.97. The minimum Gasteiger partial charge on any atom is -0.491 e. The number of aromatic amines is 1. The molecule has 0 atom stereocenters. The second-order valence-corrected chi connectivity index (χ2v) is 9.42. The molecule has 0 bridgehead atoms. The molecule has 174 valence electrons. The summed E-state index contributed by atoms with van der Waals surface area (Å²) in [6, 6.07) is 11.0. The van der Waals surface area contributed by atoms with Gasteiger partial charge in [-0.1, -0.05) is 0 Å². The third-order valence-corrected chi connectivity index (χ3v) is 5.44. The van der Waals surface area contributed by atoms with Crippen LogP contribution in [-0.4, -0.2) is 43.3 Å². The third kappa shape index (κ3) is 6.19. The van der Waals surface area contributed by atoms with Crippen molar-refractivity contribution in [3.05, 3.63) is 64.6 Å². The van der Waals surface area contributed by atoms with Crippen LogP contribution in [0.5, 0.6) is 17.2 Å². The van der Waals surface area contributed by atoms with E-state index >= 15 is 0 Å². The van der Waals surface area contributed by atoms with Crippen LogP contribution in [0.25, 0.3) is 11.4 Å². The quantitative estimate of drug-likeness (QED) is 0.493. The highest BCUT2D eigenvalue weighted by Gasteiger charge is 2.15. The van der Waals surface area contributed by atoms with Gasteiger partial charge in [-0.05, 0) is 57.2 Å². The van der Waals surface area contributed by atoms with Gasteiger partial charge in [-0.3, -0.25) is 4.79 Å². The number of benzene rings is 2. The molecule has 0 aliphatic rings. The number of carbonyl (C=O) groups excluding carboxylic acids is 1. The van der Waals surface area contributed by atoms with Gasteiger partial charge in [0.05, 0.1) is 17.6 Å². The lowest BCUT2D eigenvalue weighted by atomic mass is 10.1. The highest BCUT2D eigenvalue weighted by Crippen LogP contribution is 2.32. The molecular formula is C23H24N2O7S. The third-order valence-electron chi connectivity index (χ3n) is 4.31. The number of esters is 1. The monoisotopic (exact) mass is 472 g/mol. The van der Waals surface area contributed by atoms with Crippen molar-refractivity contribution >= 4 is 15.8 Å². The molecule has 9 nitrogen and oxygen atoms in total. The lowest BCUT2D eigenvalue weighted by Crippen LogP contribution is -2.21. The van der Waals surface area contributed by atoms with Gasteiger partial charge in [-0.15, -0.1) is 0 Å². The predicted octanol–water partition coefficient (Wildman–Crippen LogP) is 3.60. The van der Waals surface area contributed by atoms with Gasteiger partial charge in [0.1, 0.15) is 28.6 Å². The first-order valence-corrected chi connectivity index (χ1v) is 12.0. The van der Waals surface area contributed by atoms with Crippen molar-refractivity contribution in [2.45, 2.75) is 31.8 Å². The standard InChI is InChI=1S/C23H24N2O7S/c1-5-30-23(27)20-13-24-21(25-22(20)26)15-10-17(31-14(2)3)12-18(11-15)32-16-6-8-19(9-7-16)33(4,28)29/h6-14H,5H2,1-4H3,(H,24,25,26). The zero-order chi connectivity index (χ0) is 24.2. The minimum atomic E-state index is -3.32. The average Bonchev–Trinajstić information content (AvgIpc) is 2.73. The number of hydrogen-bond acceptors (Lipinski definition) is 8. The molecule has 0 unspecified atom stereocenters. The van der Waals surface area contributed by atoms with Crippen LogP contribution < -0.4 is 15.0 Å². The smallest absolute Gasteiger partial charge is 0.345 e. The first-order chi connectivity index (χ1) is 15.6. The SMILES string of the molecule is CCOC(=O)c1cnc(-c2cc(Oc3ccc(S(C)(=O)=O)cc3)cc(OC(C)C)c2)[nH]c1=O. The number of hydrogen-bond donors (Lipinski definition) is 1. The molecule has 33 heavy (non-hydrogen) atoms. The number of nitrogens with one attached hydrogen (secondary N) is 1. The van der Waals surface area contributed by atoms with E-state index in [1.165, 1.54) is 12.1 Å². The molecule has 0 saturated carbocycles. The number of sulfone groups is 1. The van der Waals surface area contributed by atoms with E-state index in [-0.39, 0.29) is 29.0 Å². The van der Waals surface area contributed by atoms with Crippen LogP contribution in [0, 0.1) is 0 Å². The van der Waals surface area contributed by atoms with Crippen LogP contribution in [0.15, 0.2) is 58.4 Å². The highest BCUT2D eigenvalue weighted by atomic mass is 32.2. The van der Waals surface area contributed by atoms with Crippen molar-refractivity contribution in [3.8, 4) is 28.6 Å². The first-order valence-electron chi connectivity index (χ1n) is 10.1. The fourth-order valence-corrected chi connectivity index (χ4v) is 3.52. The van der Waals surface area contributed by atoms with E-state index in [2.05, 4.69) is 9.97 Å². The Kier molecular flexibility index (Phi) is 7.17. The summed E-state index contributed by atoms with van der Waals surface area (Å²) >= 11 is 0. The maximum Gasteiger partial charge on any atom is 0.345 e. The largest absolute Gasteiger partial charge is 0.491 e. The topological polar surface area (TPSA) is 125 Å². The molecular weight excluding hydrogens is 448 g/mol. The Hall–Kier alpha value is -3.66. The summed E-state index contributed by atoms with van der Waals surface area (Å²) in [6.45, 7) is 5.52. The zero-order valence-electron chi connectivity index (χ0n) is 18.6. The Morgan fingerprint density at radius 2 is 1.73 bits per heavy atom. The molecule has 3 rings (SSSR count). The van der Waals surface area contributed by atoms with E-state index in [1.807, 2.05) is 13.8 Å². The lowest BCUT2D eigenvalue weighted by molar-refractivity contribution is 0.0523. The predicted molar refractivity (Wildman–Crippen MR) is 122 cm³/mol. The van der Waals surface area contributed by atoms with E-state index in [1.54, 1.807) is 37.3 Å². The van der Waals surface area contributed by atoms with Crippen molar-refractivity contribution < 1.29 is 27.4 Å². The Bertz CT molecular complexity index is 1310. The van der Waals surface area contributed by atoms with Crippen molar-refractivity contribution in [2.24, 2.45) is 0 Å². The maximum atomic E-state index is 12.4. The maximum absolute atomic E-state index is 12.4. The molecule has 2 aromatic carbocycles. The fraction of sp³-hybridized carbons (Fsp3) is 0.261. The number of H-pyrrole nitrogens is 1. The van der Waals surface area contributed by atoms with Crippen LogP contribution in [0.4, 0.5) is 0 Å². The molecule has 0 fully saturated rings. The van der Waals surface area contributed by atoms with Gasteiger partial charge in [0, 0.05) is 24.1 Å². The summed E-state index contributed by atoms with van der Waals surface area (Å²) in [5.74, 6) is 0.722. The van der Waals surface area contributed by atoms with Gasteiger partial charge in [-0.2, -0.15) is 0 Å². The summed E-state index contributed by atoms with van der Waals surface area (Å²) in [4.78, 5) is 31.2. The average molecular weight is 473 g/mol. The lowest BCUT2D eigenvalue weighted by Gasteiger charge is -2.14. The zero-order valence-corrected chi connectivity index (χ0v) is 19.4. The van der Waals surface area contributed by atoms with Gasteiger partial charge < -0.3 is 19.2 Å². The van der Waals surface area contributed by atoms with Crippen LogP contribution in [0.2, 0.25) is 0 Å². The molecule has 1 aromatic heterocycles. The molecule has 0 spiro atoms. The Morgan fingerprint density at radius 1 is 1.06 bits per heavy atom. The first kappa shape index (κ1) is 24.0. The van der Waals surface area contributed by atoms with Crippen LogP contribution >= 0.6 is 0 Å². The van der Waals surface area contributed by atoms with Crippen molar-refractivity contribution in [1.82, 2.24) is 9.97 Å². The number of rotatable bonds is 8. The molecule has 3 aromatic rings. The van der Waals surface area contributed by atoms with Gasteiger partial charge in [0.2, 0.25) is 0 Å². The van der Waals surface area contributed by atoms with Crippen LogP contribution in [-0.2, 0) is 14.6 Å². The van der Waals surface area contributed by atoms with E-state index in [0.717, 1.165) is 12.5 Å². The van der Waals surface area contributed by atoms with Crippen LogP contribution in [0.1, 0.15) is 31.1 Å². The molecule has 0 aliphatic heterocycles. The van der Waals surface area contributed by atoms with Crippen LogP contribution in [0.3, 0.4) is 0 Å². The number of nitrogens with zero attached hydrogens (tertiary/aromatic N) is 1. The van der Waals surface area contributed by atoms with Crippen molar-refractivity contribution in [2.75, 3.05) is 12.9 Å². The summed E-state index contributed by atoms with van der Waals surface area (Å²) in [6.07, 6.45) is 2.16. The summed E-state index contributed by atoms with van der Waals surface area (Å²) in [5, 5.41) is 0. The van der Waals surface area contributed by atoms with E-state index < -0.39 is 21.4 Å². The second-order valence-electron chi connectivity index (χ2n) is 7.40. The number of aromatic nitrogens is 2. The van der Waals surface area contributed by atoms with Crippen molar-refractivity contribution in [3.63, 3.8) is 0 Å². The van der Waals surface area contributed by atoms with E-state index in [0.29, 0.717) is 22.8 Å². The molecule has 0 amide bonds. The molecule has 0 saturated heterocycles. The molecule has 0 aliphatic carbocycles. The minimum absolute atomic E-state index is 0.125. The Morgan fingerprint density at radius 3 is 2.30 bits per heavy atom. The fourth-order valence-electron chi connectivity index (χ4n) is 2.89. The summed E-state index contributed by atoms with van der Waals surface area (Å²) in [7, 11) is -3.32. The Labute approximate surface area is 191 Å². The molecule has 0 radical (unpaired) electrons. The van der Waals surface area contributed by atoms with Gasteiger partial charge in [0.25, 0.3) is 5.56 Å². The summed E-state index contributed by atoms with van der Waals surface area (Å²) in [5.41, 5.74) is -0.339. The number of carbonyl (C=O) groups is 1. The van der Waals surface area contributed by atoms with E-state index in [9.17, 15) is 18.0 Å². The molecule has 10 heteroatoms. The summed E-state index contributed by atoms with van der Waals surface area (Å²) < 4.78 is 39.8. The van der Waals surface area contributed by atoms with Gasteiger partial charge in [0.15, 0.2) is 9.84 Å². The molecule has 1 heterocycles.